The van der Waals surface area contributed by atoms with E-state index in [1.54, 1.807) is 23.9 Å². The minimum atomic E-state index is -0.301. The van der Waals surface area contributed by atoms with Crippen molar-refractivity contribution in [2.24, 2.45) is 0 Å². The number of imidazole rings is 1. The molecule has 0 fully saturated rings. The van der Waals surface area contributed by atoms with Crippen LogP contribution in [0, 0.1) is 0 Å². The molecule has 17 heavy (non-hydrogen) atoms. The third-order valence-electron chi connectivity index (χ3n) is 2.51. The number of nitrogens with one attached hydrogen (secondary N) is 1. The Labute approximate surface area is 103 Å². The van der Waals surface area contributed by atoms with Crippen molar-refractivity contribution in [3.63, 3.8) is 0 Å². The van der Waals surface area contributed by atoms with Crippen LogP contribution in [-0.2, 0) is 6.42 Å². The number of hydrogen-bond acceptors (Lipinski definition) is 3. The third kappa shape index (κ3) is 2.39. The summed E-state index contributed by atoms with van der Waals surface area (Å²) in [5, 5.41) is 10.0. The standard InChI is InChI=1S/C12H14N2O2S/c1-17-8-7-10-11(15)14(12(16)13-10)9-5-3-2-4-6-9/h2-6,15H,7-8H2,1H3,(H,13,16). The van der Waals surface area contributed by atoms with Crippen molar-refractivity contribution >= 4 is 11.8 Å². The molecular weight excluding hydrogens is 236 g/mol. The van der Waals surface area contributed by atoms with Crippen molar-refractivity contribution in [3.05, 3.63) is 46.5 Å². The number of aromatic hydroxyl groups is 1. The maximum atomic E-state index is 11.8. The van der Waals surface area contributed by atoms with Crippen LogP contribution in [0.3, 0.4) is 0 Å². The highest BCUT2D eigenvalue weighted by atomic mass is 32.2. The van der Waals surface area contributed by atoms with Gasteiger partial charge >= 0.3 is 5.69 Å². The second-order valence-corrected chi connectivity index (χ2v) is 4.63. The van der Waals surface area contributed by atoms with Crippen molar-refractivity contribution in [2.75, 3.05) is 12.0 Å². The number of thioether (sulfide) groups is 1. The first kappa shape index (κ1) is 11.9. The second kappa shape index (κ2) is 5.14. The summed E-state index contributed by atoms with van der Waals surface area (Å²) in [4.78, 5) is 14.5. The van der Waals surface area contributed by atoms with Gasteiger partial charge in [0.15, 0.2) is 0 Å². The molecule has 0 aliphatic rings. The van der Waals surface area contributed by atoms with E-state index >= 15 is 0 Å². The Bertz CT molecular complexity index is 545. The van der Waals surface area contributed by atoms with E-state index in [-0.39, 0.29) is 11.6 Å². The Hall–Kier alpha value is -1.62. The van der Waals surface area contributed by atoms with Gasteiger partial charge < -0.3 is 10.1 Å². The highest BCUT2D eigenvalue weighted by Gasteiger charge is 2.13. The van der Waals surface area contributed by atoms with Gasteiger partial charge in [-0.05, 0) is 24.1 Å². The number of benzene rings is 1. The number of nitrogens with zero attached hydrogens (tertiary/aromatic N) is 1. The lowest BCUT2D eigenvalue weighted by molar-refractivity contribution is 0.435. The van der Waals surface area contributed by atoms with Gasteiger partial charge in [-0.2, -0.15) is 11.8 Å². The fourth-order valence-electron chi connectivity index (χ4n) is 1.67. The maximum absolute atomic E-state index is 11.8. The monoisotopic (exact) mass is 250 g/mol. The summed E-state index contributed by atoms with van der Waals surface area (Å²) in [6.45, 7) is 0. The quantitative estimate of drug-likeness (QED) is 0.869. The summed E-state index contributed by atoms with van der Waals surface area (Å²) in [5.41, 5.74) is 0.958. The van der Waals surface area contributed by atoms with E-state index in [1.807, 2.05) is 24.5 Å². The van der Waals surface area contributed by atoms with Crippen LogP contribution >= 0.6 is 11.8 Å². The summed E-state index contributed by atoms with van der Waals surface area (Å²) >= 11 is 1.67. The van der Waals surface area contributed by atoms with E-state index in [1.165, 1.54) is 4.57 Å². The molecule has 4 nitrogen and oxygen atoms in total. The number of para-hydroxylation sites is 1. The number of H-pyrrole nitrogens is 1. The largest absolute Gasteiger partial charge is 0.493 e. The third-order valence-corrected chi connectivity index (χ3v) is 3.13. The molecule has 1 aromatic carbocycles. The minimum absolute atomic E-state index is 0.00949. The SMILES string of the molecule is CSCCc1[nH]c(=O)n(-c2ccccc2)c1O. The molecule has 0 atom stereocenters. The van der Waals surface area contributed by atoms with Crippen molar-refractivity contribution in [2.45, 2.75) is 6.42 Å². The van der Waals surface area contributed by atoms with Crippen LogP contribution in [0.25, 0.3) is 5.69 Å². The van der Waals surface area contributed by atoms with E-state index in [4.69, 9.17) is 0 Å². The number of aromatic nitrogens is 2. The molecule has 2 N–H and O–H groups in total. The number of aromatic amines is 1. The Morgan fingerprint density at radius 3 is 2.71 bits per heavy atom. The van der Waals surface area contributed by atoms with E-state index in [2.05, 4.69) is 4.98 Å². The van der Waals surface area contributed by atoms with Crippen molar-refractivity contribution in [1.29, 1.82) is 0 Å². The van der Waals surface area contributed by atoms with Crippen molar-refractivity contribution in [1.82, 2.24) is 9.55 Å². The summed E-state index contributed by atoms with van der Waals surface area (Å²) in [6, 6.07) is 9.10. The predicted octanol–water partition coefficient (Wildman–Crippen LogP) is 1.78. The summed E-state index contributed by atoms with van der Waals surface area (Å²) in [6.07, 6.45) is 2.64. The lowest BCUT2D eigenvalue weighted by Gasteiger charge is -2.02. The van der Waals surface area contributed by atoms with E-state index in [0.717, 1.165) is 5.75 Å². The Morgan fingerprint density at radius 2 is 2.06 bits per heavy atom. The molecule has 0 radical (unpaired) electrons. The first-order valence-electron chi connectivity index (χ1n) is 5.31. The van der Waals surface area contributed by atoms with E-state index in [0.29, 0.717) is 17.8 Å². The molecule has 0 aliphatic carbocycles. The number of hydrogen-bond donors (Lipinski definition) is 2. The van der Waals surface area contributed by atoms with Gasteiger partial charge in [-0.15, -0.1) is 0 Å². The molecule has 0 saturated heterocycles. The molecule has 2 aromatic rings. The van der Waals surface area contributed by atoms with Crippen LogP contribution in [0.5, 0.6) is 5.88 Å². The van der Waals surface area contributed by atoms with E-state index < -0.39 is 0 Å². The number of rotatable bonds is 4. The molecule has 0 spiro atoms. The summed E-state index contributed by atoms with van der Waals surface area (Å²) in [5.74, 6) is 0.873. The summed E-state index contributed by atoms with van der Waals surface area (Å²) in [7, 11) is 0. The number of aryl methyl sites for hydroxylation is 1. The average molecular weight is 250 g/mol. The summed E-state index contributed by atoms with van der Waals surface area (Å²) < 4.78 is 1.29. The van der Waals surface area contributed by atoms with Gasteiger partial charge in [0, 0.05) is 6.42 Å². The van der Waals surface area contributed by atoms with Gasteiger partial charge in [-0.25, -0.2) is 9.36 Å². The molecule has 0 aliphatic heterocycles. The lowest BCUT2D eigenvalue weighted by Crippen LogP contribution is -2.14. The Morgan fingerprint density at radius 1 is 1.35 bits per heavy atom. The molecule has 0 unspecified atom stereocenters. The smallest absolute Gasteiger partial charge is 0.333 e. The van der Waals surface area contributed by atoms with Crippen molar-refractivity contribution < 1.29 is 5.11 Å². The van der Waals surface area contributed by atoms with Gasteiger partial charge in [0.25, 0.3) is 0 Å². The maximum Gasteiger partial charge on any atom is 0.333 e. The van der Waals surface area contributed by atoms with Crippen LogP contribution in [0.1, 0.15) is 5.69 Å². The first-order chi connectivity index (χ1) is 8.24. The highest BCUT2D eigenvalue weighted by Crippen LogP contribution is 2.19. The van der Waals surface area contributed by atoms with Crippen LogP contribution in [0.15, 0.2) is 35.1 Å². The molecule has 90 valence electrons. The van der Waals surface area contributed by atoms with Gasteiger partial charge in [0.05, 0.1) is 11.4 Å². The Kier molecular flexibility index (Phi) is 3.58. The van der Waals surface area contributed by atoms with Crippen LogP contribution in [0.2, 0.25) is 0 Å². The molecule has 0 amide bonds. The lowest BCUT2D eigenvalue weighted by atomic mass is 10.3. The zero-order chi connectivity index (χ0) is 12.3. The van der Waals surface area contributed by atoms with E-state index in [9.17, 15) is 9.90 Å². The predicted molar refractivity (Wildman–Crippen MR) is 70.1 cm³/mol. The van der Waals surface area contributed by atoms with Crippen molar-refractivity contribution in [3.8, 4) is 11.6 Å². The molecule has 1 heterocycles. The molecule has 2 rings (SSSR count). The average Bonchev–Trinajstić information content (AvgIpc) is 2.63. The molecule has 5 heteroatoms. The van der Waals surface area contributed by atoms with Gasteiger partial charge in [-0.3, -0.25) is 0 Å². The minimum Gasteiger partial charge on any atom is -0.493 e. The highest BCUT2D eigenvalue weighted by molar-refractivity contribution is 7.98. The second-order valence-electron chi connectivity index (χ2n) is 3.65. The molecule has 0 saturated carbocycles. The van der Waals surface area contributed by atoms with Crippen LogP contribution in [-0.4, -0.2) is 26.7 Å². The van der Waals surface area contributed by atoms with Gasteiger partial charge in [0.2, 0.25) is 5.88 Å². The Balaban J connectivity index is 2.42. The molecule has 0 bridgehead atoms. The molecule has 1 aromatic heterocycles. The fraction of sp³-hybridized carbons (Fsp3) is 0.250. The normalized spacial score (nSPS) is 10.6. The van der Waals surface area contributed by atoms with Crippen LogP contribution in [0.4, 0.5) is 0 Å². The van der Waals surface area contributed by atoms with Gasteiger partial charge in [-0.1, -0.05) is 18.2 Å². The topological polar surface area (TPSA) is 58.0 Å². The zero-order valence-corrected chi connectivity index (χ0v) is 10.3. The van der Waals surface area contributed by atoms with Crippen LogP contribution < -0.4 is 5.69 Å². The molecular formula is C12H14N2O2S. The van der Waals surface area contributed by atoms with Gasteiger partial charge in [0.1, 0.15) is 0 Å². The zero-order valence-electron chi connectivity index (χ0n) is 9.51. The fourth-order valence-corrected chi connectivity index (χ4v) is 2.08. The first-order valence-corrected chi connectivity index (χ1v) is 6.70.